The standard InChI is InChI=1S/C20H16O2/c1-15-7-5-6-10-19(15)22-20(21)18-13-11-17(12-14-18)16-8-3-2-4-9-16/h2-14H,1H3. The van der Waals surface area contributed by atoms with Crippen LogP contribution in [0.15, 0.2) is 78.9 Å². The van der Waals surface area contributed by atoms with Crippen LogP contribution >= 0.6 is 0 Å². The van der Waals surface area contributed by atoms with E-state index in [-0.39, 0.29) is 5.97 Å². The second-order valence-corrected chi connectivity index (χ2v) is 5.10. The monoisotopic (exact) mass is 288 g/mol. The van der Waals surface area contributed by atoms with Gasteiger partial charge in [0.2, 0.25) is 0 Å². The van der Waals surface area contributed by atoms with Crippen molar-refractivity contribution in [1.29, 1.82) is 0 Å². The molecule has 3 aromatic carbocycles. The summed E-state index contributed by atoms with van der Waals surface area (Å²) >= 11 is 0. The Morgan fingerprint density at radius 3 is 2.00 bits per heavy atom. The molecule has 2 nitrogen and oxygen atoms in total. The molecule has 0 saturated heterocycles. The maximum absolute atomic E-state index is 12.2. The summed E-state index contributed by atoms with van der Waals surface area (Å²) in [5.74, 6) is 0.258. The lowest BCUT2D eigenvalue weighted by Gasteiger charge is -2.07. The van der Waals surface area contributed by atoms with Crippen molar-refractivity contribution >= 4 is 5.97 Å². The van der Waals surface area contributed by atoms with Crippen molar-refractivity contribution in [3.8, 4) is 16.9 Å². The lowest BCUT2D eigenvalue weighted by molar-refractivity contribution is 0.0733. The van der Waals surface area contributed by atoms with Crippen LogP contribution in [0.1, 0.15) is 15.9 Å². The molecule has 0 radical (unpaired) electrons. The van der Waals surface area contributed by atoms with Gasteiger partial charge in [-0.3, -0.25) is 0 Å². The summed E-state index contributed by atoms with van der Waals surface area (Å²) in [6, 6.07) is 25.0. The number of hydrogen-bond acceptors (Lipinski definition) is 2. The van der Waals surface area contributed by atoms with Gasteiger partial charge in [0.25, 0.3) is 0 Å². The average molecular weight is 288 g/mol. The van der Waals surface area contributed by atoms with Crippen molar-refractivity contribution in [2.45, 2.75) is 6.92 Å². The lowest BCUT2D eigenvalue weighted by Crippen LogP contribution is -2.09. The van der Waals surface area contributed by atoms with Crippen LogP contribution in [-0.4, -0.2) is 5.97 Å². The van der Waals surface area contributed by atoms with Crippen molar-refractivity contribution in [2.75, 3.05) is 0 Å². The molecule has 0 aliphatic carbocycles. The van der Waals surface area contributed by atoms with E-state index in [1.807, 2.05) is 67.6 Å². The van der Waals surface area contributed by atoms with Gasteiger partial charge in [0.1, 0.15) is 5.75 Å². The molecule has 0 unspecified atom stereocenters. The fourth-order valence-electron chi connectivity index (χ4n) is 2.26. The van der Waals surface area contributed by atoms with Crippen LogP contribution in [0.2, 0.25) is 0 Å². The Balaban J connectivity index is 1.78. The van der Waals surface area contributed by atoms with Gasteiger partial charge >= 0.3 is 5.97 Å². The molecule has 0 aliphatic rings. The summed E-state index contributed by atoms with van der Waals surface area (Å²) in [4.78, 5) is 12.2. The smallest absolute Gasteiger partial charge is 0.343 e. The molecule has 0 atom stereocenters. The summed E-state index contributed by atoms with van der Waals surface area (Å²) in [5, 5.41) is 0. The number of benzene rings is 3. The Morgan fingerprint density at radius 2 is 1.32 bits per heavy atom. The highest BCUT2D eigenvalue weighted by Gasteiger charge is 2.10. The molecule has 0 saturated carbocycles. The van der Waals surface area contributed by atoms with Crippen molar-refractivity contribution in [2.24, 2.45) is 0 Å². The van der Waals surface area contributed by atoms with E-state index >= 15 is 0 Å². The van der Waals surface area contributed by atoms with Crippen LogP contribution in [0.25, 0.3) is 11.1 Å². The van der Waals surface area contributed by atoms with Crippen LogP contribution in [0.5, 0.6) is 5.75 Å². The third kappa shape index (κ3) is 3.07. The van der Waals surface area contributed by atoms with E-state index in [9.17, 15) is 4.79 Å². The molecule has 0 aromatic heterocycles. The largest absolute Gasteiger partial charge is 0.423 e. The number of para-hydroxylation sites is 1. The van der Waals surface area contributed by atoms with E-state index in [4.69, 9.17) is 4.74 Å². The fourth-order valence-corrected chi connectivity index (χ4v) is 2.26. The first-order valence-corrected chi connectivity index (χ1v) is 7.17. The van der Waals surface area contributed by atoms with E-state index in [0.29, 0.717) is 11.3 Å². The molecule has 2 heteroatoms. The number of carbonyl (C=O) groups excluding carboxylic acids is 1. The quantitative estimate of drug-likeness (QED) is 0.507. The van der Waals surface area contributed by atoms with Crippen LogP contribution in [0, 0.1) is 6.92 Å². The Labute approximate surface area is 130 Å². The van der Waals surface area contributed by atoms with Crippen molar-refractivity contribution in [3.63, 3.8) is 0 Å². The number of rotatable bonds is 3. The third-order valence-electron chi connectivity index (χ3n) is 3.52. The number of hydrogen-bond donors (Lipinski definition) is 0. The molecule has 0 amide bonds. The summed E-state index contributed by atoms with van der Waals surface area (Å²) in [7, 11) is 0. The predicted molar refractivity (Wildman–Crippen MR) is 88.0 cm³/mol. The maximum Gasteiger partial charge on any atom is 0.343 e. The molecule has 3 rings (SSSR count). The molecule has 0 fully saturated rings. The molecule has 0 heterocycles. The molecular formula is C20H16O2. The minimum atomic E-state index is -0.339. The van der Waals surface area contributed by atoms with E-state index in [2.05, 4.69) is 0 Å². The SMILES string of the molecule is Cc1ccccc1OC(=O)c1ccc(-c2ccccc2)cc1. The van der Waals surface area contributed by atoms with Gasteiger partial charge in [-0.2, -0.15) is 0 Å². The summed E-state index contributed by atoms with van der Waals surface area (Å²) in [6.07, 6.45) is 0. The second-order valence-electron chi connectivity index (χ2n) is 5.10. The van der Waals surface area contributed by atoms with Gasteiger partial charge in [-0.1, -0.05) is 60.7 Å². The topological polar surface area (TPSA) is 26.3 Å². The molecule has 0 N–H and O–H groups in total. The summed E-state index contributed by atoms with van der Waals surface area (Å²) in [5.41, 5.74) is 3.69. The number of esters is 1. The Bertz CT molecular complexity index is 774. The molecule has 3 aromatic rings. The van der Waals surface area contributed by atoms with Crippen molar-refractivity contribution < 1.29 is 9.53 Å². The zero-order valence-corrected chi connectivity index (χ0v) is 12.3. The first-order chi connectivity index (χ1) is 10.7. The lowest BCUT2D eigenvalue weighted by atomic mass is 10.0. The number of aryl methyl sites for hydroxylation is 1. The van der Waals surface area contributed by atoms with E-state index in [1.165, 1.54) is 0 Å². The van der Waals surface area contributed by atoms with Gasteiger partial charge in [-0.05, 0) is 41.8 Å². The Morgan fingerprint density at radius 1 is 0.727 bits per heavy atom. The van der Waals surface area contributed by atoms with E-state index in [0.717, 1.165) is 16.7 Å². The average Bonchev–Trinajstić information content (AvgIpc) is 2.58. The Kier molecular flexibility index (Phi) is 4.01. The summed E-state index contributed by atoms with van der Waals surface area (Å²) in [6.45, 7) is 1.92. The van der Waals surface area contributed by atoms with E-state index in [1.54, 1.807) is 18.2 Å². The normalized spacial score (nSPS) is 10.2. The molecule has 22 heavy (non-hydrogen) atoms. The maximum atomic E-state index is 12.2. The number of ether oxygens (including phenoxy) is 1. The molecule has 0 spiro atoms. The van der Waals surface area contributed by atoms with Crippen molar-refractivity contribution in [1.82, 2.24) is 0 Å². The molecule has 0 bridgehead atoms. The zero-order chi connectivity index (χ0) is 15.4. The summed E-state index contributed by atoms with van der Waals surface area (Å²) < 4.78 is 5.44. The highest BCUT2D eigenvalue weighted by molar-refractivity contribution is 5.91. The molecule has 108 valence electrons. The van der Waals surface area contributed by atoms with Crippen molar-refractivity contribution in [3.05, 3.63) is 90.0 Å². The van der Waals surface area contributed by atoms with Gasteiger partial charge in [-0.15, -0.1) is 0 Å². The van der Waals surface area contributed by atoms with Crippen LogP contribution in [-0.2, 0) is 0 Å². The van der Waals surface area contributed by atoms with Gasteiger partial charge in [-0.25, -0.2) is 4.79 Å². The number of carbonyl (C=O) groups is 1. The second kappa shape index (κ2) is 6.27. The fraction of sp³-hybridized carbons (Fsp3) is 0.0500. The minimum absolute atomic E-state index is 0.339. The first kappa shape index (κ1) is 14.1. The zero-order valence-electron chi connectivity index (χ0n) is 12.3. The van der Waals surface area contributed by atoms with Gasteiger partial charge in [0.15, 0.2) is 0 Å². The van der Waals surface area contributed by atoms with E-state index < -0.39 is 0 Å². The first-order valence-electron chi connectivity index (χ1n) is 7.17. The van der Waals surface area contributed by atoms with Crippen LogP contribution in [0.3, 0.4) is 0 Å². The minimum Gasteiger partial charge on any atom is -0.423 e. The van der Waals surface area contributed by atoms with Gasteiger partial charge in [0.05, 0.1) is 5.56 Å². The van der Waals surface area contributed by atoms with Gasteiger partial charge < -0.3 is 4.74 Å². The highest BCUT2D eigenvalue weighted by Crippen LogP contribution is 2.21. The highest BCUT2D eigenvalue weighted by atomic mass is 16.5. The van der Waals surface area contributed by atoms with Crippen LogP contribution in [0.4, 0.5) is 0 Å². The Hall–Kier alpha value is -2.87. The predicted octanol–water partition coefficient (Wildman–Crippen LogP) is 4.88. The third-order valence-corrected chi connectivity index (χ3v) is 3.52. The van der Waals surface area contributed by atoms with Crippen LogP contribution < -0.4 is 4.74 Å². The molecule has 0 aliphatic heterocycles. The molecular weight excluding hydrogens is 272 g/mol. The van der Waals surface area contributed by atoms with Gasteiger partial charge in [0, 0.05) is 0 Å².